The molecule has 0 bridgehead atoms. The zero-order valence-corrected chi connectivity index (χ0v) is 13.0. The predicted octanol–water partition coefficient (Wildman–Crippen LogP) is 4.32. The van der Waals surface area contributed by atoms with Gasteiger partial charge in [-0.05, 0) is 36.4 Å². The first-order chi connectivity index (χ1) is 9.74. The number of carbonyl (C=O) groups is 1. The summed E-state index contributed by atoms with van der Waals surface area (Å²) in [6.45, 7) is 0.721. The molecule has 0 aliphatic carbocycles. The van der Waals surface area contributed by atoms with Crippen LogP contribution in [0.1, 0.15) is 11.1 Å². The molecule has 1 N–H and O–H groups in total. The van der Waals surface area contributed by atoms with Gasteiger partial charge in [0.15, 0.2) is 0 Å². The molecule has 0 radical (unpaired) electrons. The summed E-state index contributed by atoms with van der Waals surface area (Å²) >= 11 is 5.09. The molecule has 1 aliphatic heterocycles. The van der Waals surface area contributed by atoms with Crippen LogP contribution in [0, 0.1) is 0 Å². The monoisotopic (exact) mass is 352 g/mol. The van der Waals surface area contributed by atoms with Crippen molar-refractivity contribution in [1.82, 2.24) is 4.90 Å². The minimum atomic E-state index is -0.0984. The van der Waals surface area contributed by atoms with Gasteiger partial charge < -0.3 is 14.6 Å². The van der Waals surface area contributed by atoms with E-state index in [9.17, 15) is 4.79 Å². The molecule has 104 valence electrons. The van der Waals surface area contributed by atoms with E-state index in [1.165, 1.54) is 0 Å². The van der Waals surface area contributed by atoms with Crippen LogP contribution < -0.4 is 5.32 Å². The van der Waals surface area contributed by atoms with Gasteiger partial charge in [-0.1, -0.05) is 15.9 Å². The Morgan fingerprint density at radius 1 is 1.35 bits per heavy atom. The number of urea groups is 1. The first kappa shape index (κ1) is 13.6. The van der Waals surface area contributed by atoms with Crippen molar-refractivity contribution in [2.45, 2.75) is 5.37 Å². The van der Waals surface area contributed by atoms with E-state index in [-0.39, 0.29) is 11.4 Å². The van der Waals surface area contributed by atoms with Gasteiger partial charge in [-0.3, -0.25) is 0 Å². The molecule has 0 saturated carbocycles. The minimum absolute atomic E-state index is 0.0413. The molecule has 1 atom stereocenters. The standard InChI is InChI=1S/C14H13BrN2O2S/c15-10-3-5-11(6-4-10)16-14(18)17-7-9-20-13(17)12-2-1-8-19-12/h1-6,8,13H,7,9H2,(H,16,18)/t13-/m0/s1. The summed E-state index contributed by atoms with van der Waals surface area (Å²) in [5.74, 6) is 1.73. The van der Waals surface area contributed by atoms with Crippen molar-refractivity contribution >= 4 is 39.4 Å². The highest BCUT2D eigenvalue weighted by atomic mass is 79.9. The molecule has 0 spiro atoms. The van der Waals surface area contributed by atoms with Crippen LogP contribution in [0.3, 0.4) is 0 Å². The van der Waals surface area contributed by atoms with Gasteiger partial charge in [0, 0.05) is 22.5 Å². The van der Waals surface area contributed by atoms with Crippen molar-refractivity contribution in [1.29, 1.82) is 0 Å². The number of thioether (sulfide) groups is 1. The molecule has 2 heterocycles. The molecule has 2 aromatic rings. The van der Waals surface area contributed by atoms with Crippen LogP contribution in [-0.2, 0) is 0 Å². The number of nitrogens with zero attached hydrogens (tertiary/aromatic N) is 1. The fourth-order valence-corrected chi connectivity index (χ4v) is 3.54. The van der Waals surface area contributed by atoms with Crippen molar-refractivity contribution in [3.05, 3.63) is 52.9 Å². The molecule has 1 aromatic carbocycles. The number of amides is 2. The van der Waals surface area contributed by atoms with Crippen molar-refractivity contribution in [3.63, 3.8) is 0 Å². The van der Waals surface area contributed by atoms with E-state index < -0.39 is 0 Å². The Labute approximate surface area is 129 Å². The Hall–Kier alpha value is -1.40. The zero-order chi connectivity index (χ0) is 13.9. The van der Waals surface area contributed by atoms with Crippen LogP contribution in [0.15, 0.2) is 51.6 Å². The first-order valence-corrected chi connectivity index (χ1v) is 8.06. The van der Waals surface area contributed by atoms with E-state index in [1.807, 2.05) is 36.4 Å². The predicted molar refractivity (Wildman–Crippen MR) is 83.8 cm³/mol. The lowest BCUT2D eigenvalue weighted by atomic mass is 10.3. The van der Waals surface area contributed by atoms with Gasteiger partial charge in [0.25, 0.3) is 0 Å². The number of halogens is 1. The Morgan fingerprint density at radius 2 is 2.15 bits per heavy atom. The smallest absolute Gasteiger partial charge is 0.323 e. The quantitative estimate of drug-likeness (QED) is 0.875. The largest absolute Gasteiger partial charge is 0.466 e. The number of anilines is 1. The lowest BCUT2D eigenvalue weighted by Gasteiger charge is -2.22. The number of carbonyl (C=O) groups excluding carboxylic acids is 1. The van der Waals surface area contributed by atoms with Crippen LogP contribution in [-0.4, -0.2) is 23.2 Å². The van der Waals surface area contributed by atoms with E-state index in [0.717, 1.165) is 28.2 Å². The molecular formula is C14H13BrN2O2S. The third-order valence-electron chi connectivity index (χ3n) is 3.03. The van der Waals surface area contributed by atoms with Crippen LogP contribution >= 0.6 is 27.7 Å². The third kappa shape index (κ3) is 2.86. The van der Waals surface area contributed by atoms with Gasteiger partial charge in [0.1, 0.15) is 11.1 Å². The van der Waals surface area contributed by atoms with Gasteiger partial charge >= 0.3 is 6.03 Å². The summed E-state index contributed by atoms with van der Waals surface area (Å²) < 4.78 is 6.40. The van der Waals surface area contributed by atoms with Crippen molar-refractivity contribution in [2.24, 2.45) is 0 Å². The molecule has 1 aliphatic rings. The molecule has 1 aromatic heterocycles. The van der Waals surface area contributed by atoms with Crippen molar-refractivity contribution in [3.8, 4) is 0 Å². The molecule has 0 unspecified atom stereocenters. The molecule has 2 amide bonds. The lowest BCUT2D eigenvalue weighted by molar-refractivity contribution is 0.210. The van der Waals surface area contributed by atoms with Crippen LogP contribution in [0.2, 0.25) is 0 Å². The maximum atomic E-state index is 12.4. The van der Waals surface area contributed by atoms with Gasteiger partial charge in [0.05, 0.1) is 6.26 Å². The Kier molecular flexibility index (Phi) is 4.03. The number of rotatable bonds is 2. The second kappa shape index (κ2) is 5.93. The average Bonchev–Trinajstić information content (AvgIpc) is 3.11. The Morgan fingerprint density at radius 3 is 2.85 bits per heavy atom. The highest BCUT2D eigenvalue weighted by Crippen LogP contribution is 2.38. The summed E-state index contributed by atoms with van der Waals surface area (Å²) in [4.78, 5) is 14.2. The maximum absolute atomic E-state index is 12.4. The Bertz CT molecular complexity index is 586. The molecule has 4 nitrogen and oxygen atoms in total. The maximum Gasteiger partial charge on any atom is 0.323 e. The summed E-state index contributed by atoms with van der Waals surface area (Å²) in [5, 5.41) is 2.87. The minimum Gasteiger partial charge on any atom is -0.466 e. The van der Waals surface area contributed by atoms with E-state index >= 15 is 0 Å². The number of nitrogens with one attached hydrogen (secondary N) is 1. The van der Waals surface area contributed by atoms with E-state index in [1.54, 1.807) is 22.9 Å². The molecule has 6 heteroatoms. The number of benzene rings is 1. The summed E-state index contributed by atoms with van der Waals surface area (Å²) in [6.07, 6.45) is 1.64. The SMILES string of the molecule is O=C(Nc1ccc(Br)cc1)N1CCS[C@H]1c1ccco1. The summed E-state index contributed by atoms with van der Waals surface area (Å²) in [5.41, 5.74) is 0.785. The topological polar surface area (TPSA) is 45.5 Å². The summed E-state index contributed by atoms with van der Waals surface area (Å²) in [7, 11) is 0. The molecular weight excluding hydrogens is 340 g/mol. The average molecular weight is 353 g/mol. The fourth-order valence-electron chi connectivity index (χ4n) is 2.07. The lowest BCUT2D eigenvalue weighted by Crippen LogP contribution is -2.34. The van der Waals surface area contributed by atoms with Crippen LogP contribution in [0.4, 0.5) is 10.5 Å². The highest BCUT2D eigenvalue weighted by Gasteiger charge is 2.32. The van der Waals surface area contributed by atoms with Crippen molar-refractivity contribution < 1.29 is 9.21 Å². The van der Waals surface area contributed by atoms with Crippen LogP contribution in [0.25, 0.3) is 0 Å². The fraction of sp³-hybridized carbons (Fsp3) is 0.214. The summed E-state index contributed by atoms with van der Waals surface area (Å²) in [6, 6.07) is 11.2. The third-order valence-corrected chi connectivity index (χ3v) is 4.78. The Balaban J connectivity index is 1.71. The molecule has 3 rings (SSSR count). The van der Waals surface area contributed by atoms with Gasteiger partial charge in [-0.2, -0.15) is 0 Å². The molecule has 1 saturated heterocycles. The van der Waals surface area contributed by atoms with Gasteiger partial charge in [0.2, 0.25) is 0 Å². The van der Waals surface area contributed by atoms with Gasteiger partial charge in [-0.25, -0.2) is 4.79 Å². The van der Waals surface area contributed by atoms with Gasteiger partial charge in [-0.15, -0.1) is 11.8 Å². The zero-order valence-electron chi connectivity index (χ0n) is 10.6. The second-order valence-electron chi connectivity index (χ2n) is 4.37. The van der Waals surface area contributed by atoms with E-state index in [4.69, 9.17) is 4.42 Å². The molecule has 1 fully saturated rings. The highest BCUT2D eigenvalue weighted by molar-refractivity contribution is 9.10. The second-order valence-corrected chi connectivity index (χ2v) is 6.47. The normalized spacial score (nSPS) is 18.2. The van der Waals surface area contributed by atoms with E-state index in [2.05, 4.69) is 21.2 Å². The van der Waals surface area contributed by atoms with E-state index in [0.29, 0.717) is 0 Å². The van der Waals surface area contributed by atoms with Crippen LogP contribution in [0.5, 0.6) is 0 Å². The first-order valence-electron chi connectivity index (χ1n) is 6.22. The number of hydrogen-bond acceptors (Lipinski definition) is 3. The number of hydrogen-bond donors (Lipinski definition) is 1. The number of furan rings is 1. The molecule has 20 heavy (non-hydrogen) atoms. The van der Waals surface area contributed by atoms with Crippen molar-refractivity contribution in [2.75, 3.05) is 17.6 Å².